The van der Waals surface area contributed by atoms with Crippen LogP contribution >= 0.6 is 0 Å². The van der Waals surface area contributed by atoms with Gasteiger partial charge in [0.05, 0.1) is 18.6 Å². The topological polar surface area (TPSA) is 77.5 Å². The molecule has 0 aromatic heterocycles. The molecule has 2 saturated heterocycles. The summed E-state index contributed by atoms with van der Waals surface area (Å²) in [7, 11) is 0. The van der Waals surface area contributed by atoms with Gasteiger partial charge >= 0.3 is 11.9 Å². The van der Waals surface area contributed by atoms with Crippen LogP contribution in [-0.4, -0.2) is 78.2 Å². The molecule has 0 amide bonds. The normalized spacial score (nSPS) is 25.5. The van der Waals surface area contributed by atoms with Crippen molar-refractivity contribution in [1.29, 1.82) is 0 Å². The van der Waals surface area contributed by atoms with E-state index in [1.54, 1.807) is 0 Å². The predicted octanol–water partition coefficient (Wildman–Crippen LogP) is 4.76. The maximum Gasteiger partial charge on any atom is 0.371 e. The number of hydrogen-bond donors (Lipinski definition) is 0. The summed E-state index contributed by atoms with van der Waals surface area (Å²) < 4.78 is 24.5. The zero-order chi connectivity index (χ0) is 27.2. The van der Waals surface area contributed by atoms with Crippen molar-refractivity contribution < 1.29 is 28.5 Å². The highest BCUT2D eigenvalue weighted by Crippen LogP contribution is 2.38. The summed E-state index contributed by atoms with van der Waals surface area (Å²) in [6.45, 7) is 10.9. The second-order valence-electron chi connectivity index (χ2n) is 11.8. The van der Waals surface area contributed by atoms with E-state index in [0.717, 1.165) is 57.4 Å². The number of para-hydroxylation sites is 1. The minimum absolute atomic E-state index is 0.0866. The lowest BCUT2D eigenvalue weighted by Crippen LogP contribution is -2.70. The number of nitrogens with zero attached hydrogens (tertiary/aromatic N) is 2. The summed E-state index contributed by atoms with van der Waals surface area (Å²) in [6.07, 6.45) is 6.45. The van der Waals surface area contributed by atoms with Gasteiger partial charge in [0.1, 0.15) is 17.5 Å². The van der Waals surface area contributed by atoms with Gasteiger partial charge in [-0.05, 0) is 91.2 Å². The Balaban J connectivity index is 1.53. The Bertz CT molecular complexity index is 897. The second-order valence-corrected chi connectivity index (χ2v) is 11.8. The Morgan fingerprint density at radius 3 is 2.03 bits per heavy atom. The lowest BCUT2D eigenvalue weighted by atomic mass is 9.87. The van der Waals surface area contributed by atoms with Crippen LogP contribution in [0, 0.1) is 5.92 Å². The van der Waals surface area contributed by atoms with E-state index in [1.807, 2.05) is 58.0 Å². The number of esters is 2. The molecule has 0 bridgehead atoms. The van der Waals surface area contributed by atoms with Gasteiger partial charge < -0.3 is 18.9 Å². The number of rotatable bonds is 9. The standard InChI is InChI=1S/C30H46N2O6/c1-5-35-27(33)23-13-15-26(16-14-23)37-30(31-19-9-10-20-31,28(34)38-29(2,3)4)32-21-17-25(18-22-32)36-24-11-7-6-8-12-24/h6-8,11-12,23,25-26H,5,9-10,13-22H2,1-4H3. The van der Waals surface area contributed by atoms with Crippen molar-refractivity contribution in [2.24, 2.45) is 5.92 Å². The Hall–Kier alpha value is -2.16. The quantitative estimate of drug-likeness (QED) is 0.423. The molecule has 0 N–H and O–H groups in total. The van der Waals surface area contributed by atoms with Crippen molar-refractivity contribution in [2.75, 3.05) is 32.8 Å². The number of benzene rings is 1. The number of piperidine rings is 1. The molecule has 2 heterocycles. The third kappa shape index (κ3) is 7.07. The molecule has 8 heteroatoms. The van der Waals surface area contributed by atoms with Crippen LogP contribution in [0.25, 0.3) is 0 Å². The largest absolute Gasteiger partial charge is 0.490 e. The van der Waals surface area contributed by atoms with Crippen LogP contribution in [-0.2, 0) is 23.8 Å². The molecule has 1 aromatic rings. The van der Waals surface area contributed by atoms with Gasteiger partial charge in [0, 0.05) is 26.2 Å². The number of likely N-dealkylation sites (tertiary alicyclic amines) is 2. The molecule has 3 fully saturated rings. The minimum atomic E-state index is -1.27. The van der Waals surface area contributed by atoms with Crippen molar-refractivity contribution in [3.8, 4) is 5.75 Å². The second kappa shape index (κ2) is 12.8. The highest BCUT2D eigenvalue weighted by Gasteiger charge is 2.56. The average molecular weight is 531 g/mol. The number of ether oxygens (including phenoxy) is 4. The molecule has 0 spiro atoms. The molecule has 3 aliphatic rings. The molecule has 212 valence electrons. The molecule has 2 aliphatic heterocycles. The van der Waals surface area contributed by atoms with E-state index >= 15 is 0 Å². The van der Waals surface area contributed by atoms with E-state index in [1.165, 1.54) is 0 Å². The van der Waals surface area contributed by atoms with Gasteiger partial charge in [-0.15, -0.1) is 0 Å². The van der Waals surface area contributed by atoms with Crippen molar-refractivity contribution in [1.82, 2.24) is 9.80 Å². The Labute approximate surface area is 227 Å². The van der Waals surface area contributed by atoms with E-state index in [0.29, 0.717) is 32.5 Å². The van der Waals surface area contributed by atoms with Crippen LogP contribution in [0.15, 0.2) is 30.3 Å². The fraction of sp³-hybridized carbons (Fsp3) is 0.733. The van der Waals surface area contributed by atoms with E-state index in [-0.39, 0.29) is 30.1 Å². The maximum atomic E-state index is 14.1. The van der Waals surface area contributed by atoms with Crippen molar-refractivity contribution in [3.63, 3.8) is 0 Å². The monoisotopic (exact) mass is 530 g/mol. The first-order valence-corrected chi connectivity index (χ1v) is 14.5. The summed E-state index contributed by atoms with van der Waals surface area (Å²) in [6, 6.07) is 9.92. The molecular formula is C30H46N2O6. The Kier molecular flexibility index (Phi) is 9.71. The predicted molar refractivity (Wildman–Crippen MR) is 145 cm³/mol. The lowest BCUT2D eigenvalue weighted by molar-refractivity contribution is -0.281. The van der Waals surface area contributed by atoms with Crippen LogP contribution in [0.5, 0.6) is 5.75 Å². The molecule has 1 aromatic carbocycles. The van der Waals surface area contributed by atoms with Crippen molar-refractivity contribution >= 4 is 11.9 Å². The van der Waals surface area contributed by atoms with Crippen LogP contribution in [0.4, 0.5) is 0 Å². The molecule has 8 nitrogen and oxygen atoms in total. The minimum Gasteiger partial charge on any atom is -0.490 e. The molecule has 1 unspecified atom stereocenters. The summed E-state index contributed by atoms with van der Waals surface area (Å²) >= 11 is 0. The van der Waals surface area contributed by atoms with Gasteiger partial charge in [0.2, 0.25) is 0 Å². The van der Waals surface area contributed by atoms with Crippen LogP contribution in [0.2, 0.25) is 0 Å². The molecule has 4 rings (SSSR count). The van der Waals surface area contributed by atoms with Gasteiger partial charge in [-0.3, -0.25) is 14.6 Å². The summed E-state index contributed by atoms with van der Waals surface area (Å²) in [5.74, 6) is -0.948. The number of carbonyl (C=O) groups excluding carboxylic acids is 2. The highest BCUT2D eigenvalue weighted by molar-refractivity contribution is 5.79. The summed E-state index contributed by atoms with van der Waals surface area (Å²) in [5.41, 5.74) is -0.637. The zero-order valence-electron chi connectivity index (χ0n) is 23.7. The highest BCUT2D eigenvalue weighted by atomic mass is 16.6. The van der Waals surface area contributed by atoms with Crippen molar-refractivity contribution in [2.45, 2.75) is 103 Å². The summed E-state index contributed by atoms with van der Waals surface area (Å²) in [5, 5.41) is 0. The SMILES string of the molecule is CCOC(=O)C1CCC(OC(C(=O)OC(C)(C)C)(N2CCCC2)N2CCC(Oc3ccccc3)CC2)CC1. The molecule has 1 atom stereocenters. The van der Waals surface area contributed by atoms with Gasteiger partial charge in [-0.1, -0.05) is 18.2 Å². The first kappa shape index (κ1) is 28.8. The molecular weight excluding hydrogens is 484 g/mol. The number of carbonyl (C=O) groups is 2. The molecule has 1 saturated carbocycles. The molecule has 1 aliphatic carbocycles. The molecule has 38 heavy (non-hydrogen) atoms. The van der Waals surface area contributed by atoms with E-state index in [9.17, 15) is 9.59 Å². The zero-order valence-corrected chi connectivity index (χ0v) is 23.7. The fourth-order valence-corrected chi connectivity index (χ4v) is 5.90. The van der Waals surface area contributed by atoms with Crippen LogP contribution in [0.1, 0.15) is 79.1 Å². The average Bonchev–Trinajstić information content (AvgIpc) is 3.43. The lowest BCUT2D eigenvalue weighted by Gasteiger charge is -2.51. The first-order valence-electron chi connectivity index (χ1n) is 14.5. The first-order chi connectivity index (χ1) is 18.2. The van der Waals surface area contributed by atoms with E-state index < -0.39 is 11.4 Å². The number of hydrogen-bond acceptors (Lipinski definition) is 8. The van der Waals surface area contributed by atoms with Gasteiger partial charge in [-0.2, -0.15) is 0 Å². The smallest absolute Gasteiger partial charge is 0.371 e. The van der Waals surface area contributed by atoms with Crippen LogP contribution < -0.4 is 4.74 Å². The van der Waals surface area contributed by atoms with Gasteiger partial charge in [-0.25, -0.2) is 4.79 Å². The van der Waals surface area contributed by atoms with Crippen LogP contribution in [0.3, 0.4) is 0 Å². The van der Waals surface area contributed by atoms with E-state index in [4.69, 9.17) is 18.9 Å². The Morgan fingerprint density at radius 1 is 0.842 bits per heavy atom. The third-order valence-electron chi connectivity index (χ3n) is 7.74. The summed E-state index contributed by atoms with van der Waals surface area (Å²) in [4.78, 5) is 30.8. The fourth-order valence-electron chi connectivity index (χ4n) is 5.90. The third-order valence-corrected chi connectivity index (χ3v) is 7.74. The Morgan fingerprint density at radius 2 is 1.45 bits per heavy atom. The van der Waals surface area contributed by atoms with Gasteiger partial charge in [0.15, 0.2) is 0 Å². The van der Waals surface area contributed by atoms with Gasteiger partial charge in [0.25, 0.3) is 5.85 Å². The van der Waals surface area contributed by atoms with Crippen molar-refractivity contribution in [3.05, 3.63) is 30.3 Å². The molecule has 0 radical (unpaired) electrons. The van der Waals surface area contributed by atoms with E-state index in [2.05, 4.69) is 9.80 Å². The maximum absolute atomic E-state index is 14.1.